The van der Waals surface area contributed by atoms with Gasteiger partial charge in [-0.25, -0.2) is 4.98 Å². The Balaban J connectivity index is 0.855. The van der Waals surface area contributed by atoms with Crippen molar-refractivity contribution in [1.29, 1.82) is 0 Å². The number of aromatic nitrogens is 8. The molecular formula is C56H57N11O6S. The Kier molecular flexibility index (Phi) is 11.0. The van der Waals surface area contributed by atoms with Crippen molar-refractivity contribution in [2.24, 2.45) is 5.92 Å². The highest BCUT2D eigenvalue weighted by atomic mass is 32.1. The van der Waals surface area contributed by atoms with Crippen molar-refractivity contribution in [1.82, 2.24) is 50.1 Å². The number of thiazole rings is 1. The number of rotatable bonds is 12. The molecule has 74 heavy (non-hydrogen) atoms. The number of β-amino-alcohol motifs (C(OH)–C–C–N with tert-alkyl or cyclic N) is 1. The van der Waals surface area contributed by atoms with Gasteiger partial charge in [-0.15, -0.1) is 11.3 Å². The van der Waals surface area contributed by atoms with Crippen LogP contribution in [-0.4, -0.2) is 113 Å². The van der Waals surface area contributed by atoms with Crippen LogP contribution in [0, 0.1) is 12.8 Å². The highest BCUT2D eigenvalue weighted by Crippen LogP contribution is 2.53. The number of fused-ring (bicyclic) bond motifs is 8. The number of piperazine rings is 1. The van der Waals surface area contributed by atoms with Gasteiger partial charge in [-0.05, 0) is 90.6 Å². The van der Waals surface area contributed by atoms with Crippen molar-refractivity contribution in [3.8, 4) is 22.9 Å². The molecule has 5 aromatic heterocycles. The first kappa shape index (κ1) is 45.6. The number of anilines is 1. The van der Waals surface area contributed by atoms with Gasteiger partial charge in [0, 0.05) is 89.8 Å². The number of H-pyrrole nitrogens is 2. The Morgan fingerprint density at radius 2 is 1.78 bits per heavy atom. The highest BCUT2D eigenvalue weighted by Gasteiger charge is 2.43. The number of para-hydroxylation sites is 1. The van der Waals surface area contributed by atoms with E-state index in [1.807, 2.05) is 68.7 Å². The first-order valence-corrected chi connectivity index (χ1v) is 27.0. The summed E-state index contributed by atoms with van der Waals surface area (Å²) in [5, 5.41) is 31.3. The normalized spacial score (nSPS) is 21.7. The zero-order valence-corrected chi connectivity index (χ0v) is 42.3. The van der Waals surface area contributed by atoms with Crippen LogP contribution < -0.4 is 25.2 Å². The maximum Gasteiger partial charge on any atom is 0.319 e. The summed E-state index contributed by atoms with van der Waals surface area (Å²) in [4.78, 5) is 51.6. The van der Waals surface area contributed by atoms with E-state index in [0.29, 0.717) is 65.8 Å². The molecule has 5 atom stereocenters. The molecule has 5 fully saturated rings. The van der Waals surface area contributed by atoms with Crippen LogP contribution in [0.1, 0.15) is 92.1 Å². The lowest BCUT2D eigenvalue weighted by molar-refractivity contribution is -0.137. The maximum atomic E-state index is 14.7. The largest absolute Gasteiger partial charge is 0.486 e. The molecular weight excluding hydrogens is 955 g/mol. The molecule has 9 aromatic rings. The molecule has 14 rings (SSSR count). The number of benzene rings is 4. The first-order chi connectivity index (χ1) is 36.1. The van der Waals surface area contributed by atoms with Crippen LogP contribution in [0.4, 0.5) is 5.82 Å². The number of amides is 1. The topological polar surface area (TPSA) is 202 Å². The van der Waals surface area contributed by atoms with E-state index in [0.717, 1.165) is 110 Å². The third-order valence-corrected chi connectivity index (χ3v) is 17.2. The van der Waals surface area contributed by atoms with E-state index >= 15 is 0 Å². The highest BCUT2D eigenvalue weighted by molar-refractivity contribution is 7.18. The Morgan fingerprint density at radius 1 is 0.919 bits per heavy atom. The number of ether oxygens (including phenoxy) is 3. The zero-order valence-electron chi connectivity index (χ0n) is 41.5. The molecule has 17 nitrogen and oxygen atoms in total. The van der Waals surface area contributed by atoms with Crippen molar-refractivity contribution in [3.63, 3.8) is 0 Å². The van der Waals surface area contributed by atoms with E-state index in [1.54, 1.807) is 20.9 Å². The standard InChI is InChI=1S/C56H57N11O6S/c1-28(2)50(55(70)66-25-34(68)20-44(66)54-60-42-6-4-5-7-45(42)74-54)67-26-40-36-12-9-30(18-43(36)59-53(69)49(40)64-67)27-72-51-47(46-29(3)8-13-41-39(46)23-58-63-41)37(31-10-11-31)21-38-48(51)61-56(73-35-14-16-71-17-15-35)62-52(38)65-24-32-19-33(65)22-57-32/h4-9,12-13,18,21,23,26,28,31-35,44,50,57,68H,10-11,14-17,19-20,22,24-25,27H2,1-3H3,(H,58,63)(H,59,69)/t32-,33-,34+,44-,50?/m0/s1. The Bertz CT molecular complexity index is 3730. The summed E-state index contributed by atoms with van der Waals surface area (Å²) in [6, 6.07) is 20.4. The number of hydrogen-bond acceptors (Lipinski definition) is 14. The molecule has 5 aliphatic rings. The van der Waals surface area contributed by atoms with Crippen LogP contribution in [0.25, 0.3) is 65.0 Å². The summed E-state index contributed by atoms with van der Waals surface area (Å²) in [6.45, 7) is 9.47. The van der Waals surface area contributed by atoms with Gasteiger partial charge in [-0.3, -0.25) is 19.4 Å². The van der Waals surface area contributed by atoms with Crippen molar-refractivity contribution in [2.45, 2.75) is 108 Å². The molecule has 1 saturated carbocycles. The minimum atomic E-state index is -0.733. The predicted molar refractivity (Wildman–Crippen MR) is 284 cm³/mol. The quantitative estimate of drug-likeness (QED) is 0.0910. The number of aryl methyl sites for hydroxylation is 1. The van der Waals surface area contributed by atoms with Gasteiger partial charge in [0.1, 0.15) is 35.1 Å². The number of likely N-dealkylation sites (tertiary alicyclic amines) is 1. The average Bonchev–Trinajstić information content (AvgIpc) is 4.07. The molecule has 4 saturated heterocycles. The third-order valence-electron chi connectivity index (χ3n) is 16.1. The van der Waals surface area contributed by atoms with E-state index < -0.39 is 12.1 Å². The van der Waals surface area contributed by atoms with Gasteiger partial charge in [0.25, 0.3) is 5.56 Å². The first-order valence-electron chi connectivity index (χ1n) is 26.2. The molecule has 378 valence electrons. The van der Waals surface area contributed by atoms with Crippen molar-refractivity contribution < 1.29 is 24.1 Å². The van der Waals surface area contributed by atoms with Gasteiger partial charge in [0.05, 0.1) is 47.3 Å². The molecule has 4 N–H and O–H groups in total. The lowest BCUT2D eigenvalue weighted by Crippen LogP contribution is -2.44. The smallest absolute Gasteiger partial charge is 0.319 e. The van der Waals surface area contributed by atoms with Crippen molar-refractivity contribution in [2.75, 3.05) is 37.7 Å². The lowest BCUT2D eigenvalue weighted by atomic mass is 9.89. The van der Waals surface area contributed by atoms with Crippen LogP contribution in [0.5, 0.6) is 11.8 Å². The molecule has 0 radical (unpaired) electrons. The summed E-state index contributed by atoms with van der Waals surface area (Å²) < 4.78 is 22.4. The molecule has 2 bridgehead atoms. The van der Waals surface area contributed by atoms with Crippen LogP contribution in [0.3, 0.4) is 0 Å². The van der Waals surface area contributed by atoms with Gasteiger partial charge in [-0.1, -0.05) is 44.2 Å². The average molecular weight is 1010 g/mol. The maximum absolute atomic E-state index is 14.7. The third kappa shape index (κ3) is 7.78. The Labute approximate surface area is 429 Å². The minimum absolute atomic E-state index is 0.0704. The second kappa shape index (κ2) is 17.9. The monoisotopic (exact) mass is 1010 g/mol. The van der Waals surface area contributed by atoms with Gasteiger partial charge in [0.2, 0.25) is 5.91 Å². The number of aromatic amines is 2. The van der Waals surface area contributed by atoms with Gasteiger partial charge < -0.3 is 39.4 Å². The van der Waals surface area contributed by atoms with E-state index in [9.17, 15) is 14.7 Å². The summed E-state index contributed by atoms with van der Waals surface area (Å²) in [5.41, 5.74) is 8.23. The van der Waals surface area contributed by atoms with E-state index in [-0.39, 0.29) is 48.2 Å². The molecule has 18 heteroatoms. The summed E-state index contributed by atoms with van der Waals surface area (Å²) in [7, 11) is 0. The summed E-state index contributed by atoms with van der Waals surface area (Å²) in [5.74, 6) is 1.52. The predicted octanol–water partition coefficient (Wildman–Crippen LogP) is 8.38. The van der Waals surface area contributed by atoms with Gasteiger partial charge in [-0.2, -0.15) is 20.2 Å². The SMILES string of the molecule is Cc1ccc2[nH]ncc2c1-c1c(C2CC2)cc2c(N3C[C@@H]4C[C@H]3CN4)nc(OC3CCOCC3)nc2c1OCc1ccc2c(c1)[nH]c(=O)c1nn(C(C(=O)N3C[C@H](O)C[C@H]3c3nc4ccccc4s3)C(C)C)cc12. The van der Waals surface area contributed by atoms with Crippen molar-refractivity contribution in [3.05, 3.63) is 105 Å². The second-order valence-electron chi connectivity index (χ2n) is 21.4. The fourth-order valence-corrected chi connectivity index (χ4v) is 13.4. The molecule has 0 spiro atoms. The molecule has 9 heterocycles. The number of nitrogens with one attached hydrogen (secondary N) is 3. The molecule has 1 unspecified atom stereocenters. The van der Waals surface area contributed by atoms with Crippen LogP contribution in [-0.2, 0) is 16.1 Å². The molecule has 4 aromatic carbocycles. The number of hydrogen-bond donors (Lipinski definition) is 4. The summed E-state index contributed by atoms with van der Waals surface area (Å²) in [6.07, 6.45) is 8.09. The van der Waals surface area contributed by atoms with Gasteiger partial charge in [0.15, 0.2) is 11.3 Å². The number of carbonyl (C=O) groups excluding carboxylic acids is 1. The lowest BCUT2D eigenvalue weighted by Gasteiger charge is -2.31. The van der Waals surface area contributed by atoms with Crippen LogP contribution in [0.2, 0.25) is 0 Å². The Morgan fingerprint density at radius 3 is 2.58 bits per heavy atom. The van der Waals surface area contributed by atoms with E-state index in [1.165, 1.54) is 5.56 Å². The number of carbonyl (C=O) groups is 1. The number of nitrogens with zero attached hydrogens (tertiary/aromatic N) is 8. The van der Waals surface area contributed by atoms with Crippen LogP contribution in [0.15, 0.2) is 77.9 Å². The van der Waals surface area contributed by atoms with Crippen LogP contribution >= 0.6 is 11.3 Å². The Hall–Kier alpha value is -6.99. The fraction of sp³-hybridized carbons (Fsp3) is 0.411. The minimum Gasteiger partial charge on any atom is -0.486 e. The van der Waals surface area contributed by atoms with Gasteiger partial charge >= 0.3 is 6.01 Å². The molecule has 4 aliphatic heterocycles. The number of pyridine rings is 1. The number of aliphatic hydroxyl groups is 1. The van der Waals surface area contributed by atoms with E-state index in [4.69, 9.17) is 34.3 Å². The molecule has 1 aliphatic carbocycles. The second-order valence-corrected chi connectivity index (χ2v) is 22.5. The van der Waals surface area contributed by atoms with Crippen molar-refractivity contribution >= 4 is 76.9 Å². The van der Waals surface area contributed by atoms with E-state index in [2.05, 4.69) is 50.5 Å². The summed E-state index contributed by atoms with van der Waals surface area (Å²) >= 11 is 1.55. The molecule has 1 amide bonds. The number of aliphatic hydroxyl groups excluding tert-OH is 1. The fourth-order valence-electron chi connectivity index (χ4n) is 12.3. The zero-order chi connectivity index (χ0) is 49.9.